The van der Waals surface area contributed by atoms with Crippen molar-refractivity contribution in [3.8, 4) is 0 Å². The van der Waals surface area contributed by atoms with E-state index in [2.05, 4.69) is 6.92 Å². The van der Waals surface area contributed by atoms with Crippen molar-refractivity contribution < 1.29 is 22.7 Å². The molecule has 140 valence electrons. The summed E-state index contributed by atoms with van der Waals surface area (Å²) in [6, 6.07) is 0. The quantitative estimate of drug-likeness (QED) is 0.214. The van der Waals surface area contributed by atoms with E-state index in [0.29, 0.717) is 12.8 Å². The van der Waals surface area contributed by atoms with Gasteiger partial charge in [0.2, 0.25) is 0 Å². The van der Waals surface area contributed by atoms with Crippen molar-refractivity contribution in [2.75, 3.05) is 0 Å². The first-order valence-electron chi connectivity index (χ1n) is 9.48. The van der Waals surface area contributed by atoms with Gasteiger partial charge >= 0.3 is 49.7 Å². The molecule has 0 aromatic rings. The van der Waals surface area contributed by atoms with Crippen LogP contribution in [0.5, 0.6) is 0 Å². The molecule has 0 spiro atoms. The summed E-state index contributed by atoms with van der Waals surface area (Å²) in [6.45, 7) is 4.17. The van der Waals surface area contributed by atoms with Crippen molar-refractivity contribution >= 4 is 49.7 Å². The van der Waals surface area contributed by atoms with E-state index in [0.717, 1.165) is 19.3 Å². The van der Waals surface area contributed by atoms with Crippen LogP contribution in [-0.4, -0.2) is 59.9 Å². The molecule has 0 aliphatic rings. The fraction of sp³-hybridized carbons (Fsp3) is 0.895. The average Bonchev–Trinajstić information content (AvgIpc) is 2.51. The van der Waals surface area contributed by atoms with Gasteiger partial charge in [0.25, 0.3) is 0 Å². The number of aliphatic carboxylic acids is 2. The van der Waals surface area contributed by atoms with Crippen LogP contribution in [0.1, 0.15) is 107 Å². The zero-order valence-corrected chi connectivity index (χ0v) is 18.0. The third-order valence-corrected chi connectivity index (χ3v) is 4.73. The Morgan fingerprint density at radius 2 is 1.00 bits per heavy atom. The van der Waals surface area contributed by atoms with Crippen molar-refractivity contribution in [3.63, 3.8) is 0 Å². The molecule has 5 heteroatoms. The minimum absolute atomic E-state index is 0. The third-order valence-electron chi connectivity index (χ3n) is 4.73. The summed E-state index contributed by atoms with van der Waals surface area (Å²) in [5.41, 5.74) is -1.57. The molecule has 0 fully saturated rings. The van der Waals surface area contributed by atoms with Gasteiger partial charge in [-0.05, 0) is 12.8 Å². The average molecular weight is 371 g/mol. The van der Waals surface area contributed by atoms with Gasteiger partial charge in [-0.2, -0.15) is 0 Å². The number of rotatable bonds is 16. The topological polar surface area (TPSA) is 74.6 Å². The molecule has 0 bridgehead atoms. The van der Waals surface area contributed by atoms with Crippen molar-refractivity contribution in [3.05, 3.63) is 0 Å². The number of carboxylic acids is 2. The van der Waals surface area contributed by atoms with Gasteiger partial charge < -0.3 is 13.1 Å². The Morgan fingerprint density at radius 3 is 1.38 bits per heavy atom. The maximum Gasteiger partial charge on any atom is 2.00 e. The Balaban J connectivity index is -0.000000807. The summed E-state index contributed by atoms with van der Waals surface area (Å²) < 4.78 is 0. The molecular weight excluding hydrogens is 332 g/mol. The molecule has 0 saturated carbocycles. The van der Waals surface area contributed by atoms with Crippen LogP contribution in [0.2, 0.25) is 0 Å². The zero-order chi connectivity index (χ0) is 17.6. The molecule has 0 radical (unpaired) electrons. The SMILES string of the molecule is CCCCCCCCCCCCC(CCCC)(C(=O)O)C(=O)O.[Ca+2].[H-].[H-]. The fourth-order valence-electron chi connectivity index (χ4n) is 3.04. The third kappa shape index (κ3) is 10.9. The van der Waals surface area contributed by atoms with Gasteiger partial charge in [0.05, 0.1) is 0 Å². The summed E-state index contributed by atoms with van der Waals surface area (Å²) in [5.74, 6) is -2.34. The van der Waals surface area contributed by atoms with Gasteiger partial charge in [-0.1, -0.05) is 90.9 Å². The number of hydrogen-bond acceptors (Lipinski definition) is 2. The van der Waals surface area contributed by atoms with Crippen LogP contribution in [0.4, 0.5) is 0 Å². The Bertz CT molecular complexity index is 328. The number of hydrogen-bond donors (Lipinski definition) is 2. The molecular formula is C19H38CaO4. The van der Waals surface area contributed by atoms with E-state index < -0.39 is 17.4 Å². The van der Waals surface area contributed by atoms with E-state index in [1.165, 1.54) is 44.9 Å². The summed E-state index contributed by atoms with van der Waals surface area (Å²) in [7, 11) is 0. The molecule has 0 aliphatic heterocycles. The summed E-state index contributed by atoms with van der Waals surface area (Å²) in [6.07, 6.45) is 13.6. The smallest absolute Gasteiger partial charge is 1.00 e. The Labute approximate surface area is 180 Å². The normalized spacial score (nSPS) is 11.1. The van der Waals surface area contributed by atoms with Crippen molar-refractivity contribution in [2.45, 2.75) is 104 Å². The van der Waals surface area contributed by atoms with Gasteiger partial charge in [-0.25, -0.2) is 0 Å². The van der Waals surface area contributed by atoms with Crippen LogP contribution < -0.4 is 0 Å². The van der Waals surface area contributed by atoms with Crippen LogP contribution in [0, 0.1) is 5.41 Å². The standard InChI is InChI=1S/C19H36O4.Ca.2H/c1-3-5-7-8-9-10-11-12-13-14-16-19(17(20)21,18(22)23)15-6-4-2;;;/h3-16H2,1-2H3,(H,20,21)(H,22,23);;;/q;+2;2*-1. The summed E-state index contributed by atoms with van der Waals surface area (Å²) in [4.78, 5) is 23.0. The van der Waals surface area contributed by atoms with Crippen LogP contribution in [0.15, 0.2) is 0 Å². The van der Waals surface area contributed by atoms with Crippen molar-refractivity contribution in [1.82, 2.24) is 0 Å². The number of unbranched alkanes of at least 4 members (excludes halogenated alkanes) is 10. The van der Waals surface area contributed by atoms with Crippen molar-refractivity contribution in [2.24, 2.45) is 5.41 Å². The molecule has 24 heavy (non-hydrogen) atoms. The Morgan fingerprint density at radius 1 is 0.667 bits per heavy atom. The molecule has 0 saturated heterocycles. The van der Waals surface area contributed by atoms with E-state index >= 15 is 0 Å². The van der Waals surface area contributed by atoms with E-state index in [9.17, 15) is 19.8 Å². The molecule has 0 atom stereocenters. The van der Waals surface area contributed by atoms with E-state index in [4.69, 9.17) is 0 Å². The second-order valence-corrected chi connectivity index (χ2v) is 6.73. The van der Waals surface area contributed by atoms with Gasteiger partial charge in [-0.15, -0.1) is 0 Å². The largest absolute Gasteiger partial charge is 2.00 e. The minimum atomic E-state index is -1.57. The zero-order valence-electron chi connectivity index (χ0n) is 17.8. The molecule has 0 unspecified atom stereocenters. The first-order valence-corrected chi connectivity index (χ1v) is 9.48. The number of carboxylic acid groups (broad SMARTS) is 2. The second kappa shape index (κ2) is 16.7. The predicted molar refractivity (Wildman–Crippen MR) is 102 cm³/mol. The Hall–Kier alpha value is 0.200. The van der Waals surface area contributed by atoms with Gasteiger partial charge in [0.15, 0.2) is 5.41 Å². The molecule has 0 aliphatic carbocycles. The molecule has 4 nitrogen and oxygen atoms in total. The summed E-state index contributed by atoms with van der Waals surface area (Å²) >= 11 is 0. The fourth-order valence-corrected chi connectivity index (χ4v) is 3.04. The minimum Gasteiger partial charge on any atom is -1.00 e. The maximum absolute atomic E-state index is 11.5. The second-order valence-electron chi connectivity index (χ2n) is 6.73. The number of carbonyl (C=O) groups is 2. The molecule has 0 aromatic carbocycles. The molecule has 0 rings (SSSR count). The van der Waals surface area contributed by atoms with Crippen LogP contribution in [-0.2, 0) is 9.59 Å². The van der Waals surface area contributed by atoms with Gasteiger partial charge in [0.1, 0.15) is 0 Å². The maximum atomic E-state index is 11.5. The molecule has 0 heterocycles. The van der Waals surface area contributed by atoms with Crippen LogP contribution in [0.25, 0.3) is 0 Å². The first-order chi connectivity index (χ1) is 11.0. The van der Waals surface area contributed by atoms with E-state index in [1.54, 1.807) is 0 Å². The van der Waals surface area contributed by atoms with Gasteiger partial charge in [-0.3, -0.25) is 9.59 Å². The van der Waals surface area contributed by atoms with E-state index in [1.807, 2.05) is 6.92 Å². The predicted octanol–water partition coefficient (Wildman–Crippen LogP) is 5.49. The Kier molecular flexibility index (Phi) is 18.3. The molecule has 2 N–H and O–H groups in total. The monoisotopic (exact) mass is 370 g/mol. The van der Waals surface area contributed by atoms with Crippen LogP contribution in [0.3, 0.4) is 0 Å². The van der Waals surface area contributed by atoms with E-state index in [-0.39, 0.29) is 53.4 Å². The molecule has 0 aromatic heterocycles. The first kappa shape index (κ1) is 26.4. The molecule has 0 amide bonds. The van der Waals surface area contributed by atoms with Crippen molar-refractivity contribution in [1.29, 1.82) is 0 Å². The summed E-state index contributed by atoms with van der Waals surface area (Å²) in [5, 5.41) is 18.8. The van der Waals surface area contributed by atoms with Gasteiger partial charge in [0, 0.05) is 0 Å². The van der Waals surface area contributed by atoms with Crippen LogP contribution >= 0.6 is 0 Å².